The molecule has 0 N–H and O–H groups in total. The summed E-state index contributed by atoms with van der Waals surface area (Å²) in [6.45, 7) is 7.11. The summed E-state index contributed by atoms with van der Waals surface area (Å²) in [5.41, 5.74) is 1.18. The van der Waals surface area contributed by atoms with E-state index in [0.717, 1.165) is 36.8 Å². The quantitative estimate of drug-likeness (QED) is 0.820. The first-order valence-electron chi connectivity index (χ1n) is 9.12. The highest BCUT2D eigenvalue weighted by Crippen LogP contribution is 2.41. The predicted octanol–water partition coefficient (Wildman–Crippen LogP) is 3.92. The number of likely N-dealkylation sites (tertiary alicyclic amines) is 1. The number of hydrogen-bond acceptors (Lipinski definition) is 3. The van der Waals surface area contributed by atoms with Crippen LogP contribution in [0.3, 0.4) is 0 Å². The third kappa shape index (κ3) is 3.85. The molecule has 4 nitrogen and oxygen atoms in total. The van der Waals surface area contributed by atoms with Crippen LogP contribution in [0.5, 0.6) is 11.5 Å². The number of benzene rings is 1. The molecule has 24 heavy (non-hydrogen) atoms. The van der Waals surface area contributed by atoms with Crippen LogP contribution in [-0.4, -0.2) is 37.6 Å². The Kier molecular flexibility index (Phi) is 6.52. The Labute approximate surface area is 146 Å². The lowest BCUT2D eigenvalue weighted by molar-refractivity contribution is -0.129. The summed E-state index contributed by atoms with van der Waals surface area (Å²) in [6, 6.07) is 6.47. The fraction of sp³-hybridized carbons (Fsp3) is 0.650. The molecule has 1 aliphatic heterocycles. The zero-order valence-corrected chi connectivity index (χ0v) is 15.7. The van der Waals surface area contributed by atoms with Gasteiger partial charge in [0.2, 0.25) is 5.91 Å². The highest BCUT2D eigenvalue weighted by Gasteiger charge is 2.44. The summed E-state index contributed by atoms with van der Waals surface area (Å²) in [7, 11) is 3.29. The van der Waals surface area contributed by atoms with E-state index >= 15 is 0 Å². The summed E-state index contributed by atoms with van der Waals surface area (Å²) in [4.78, 5) is 14.3. The number of nitrogens with zero attached hydrogens (tertiary/aromatic N) is 1. The predicted molar refractivity (Wildman–Crippen MR) is 96.6 cm³/mol. The maximum atomic E-state index is 12.2. The van der Waals surface area contributed by atoms with Crippen molar-refractivity contribution in [2.24, 2.45) is 11.8 Å². The Hall–Kier alpha value is -1.71. The van der Waals surface area contributed by atoms with Crippen LogP contribution < -0.4 is 9.47 Å². The Morgan fingerprint density at radius 2 is 1.83 bits per heavy atom. The largest absolute Gasteiger partial charge is 0.493 e. The SMILES string of the molecule is CC.COc1ccc(CCN2C(=O)C[C@H]3C[C@@H](C)CC32)cc1OC. The first kappa shape index (κ1) is 18.6. The Morgan fingerprint density at radius 3 is 2.50 bits per heavy atom. The molecule has 2 fully saturated rings. The number of ether oxygens (including phenoxy) is 2. The molecular formula is C20H31NO3. The minimum absolute atomic E-state index is 0.336. The van der Waals surface area contributed by atoms with Gasteiger partial charge in [0.25, 0.3) is 0 Å². The standard InChI is InChI=1S/C18H25NO3.C2H6/c1-12-8-14-11-18(20)19(15(14)9-12)7-6-13-4-5-16(21-2)17(10-13)22-3;1-2/h4-5,10,12,14-15H,6-9,11H2,1-3H3;1-2H3/t12-,14-,15?;/m1./s1. The summed E-state index contributed by atoms with van der Waals surface area (Å²) in [5, 5.41) is 0. The van der Waals surface area contributed by atoms with Gasteiger partial charge in [-0.05, 0) is 48.8 Å². The van der Waals surface area contributed by atoms with Crippen LogP contribution >= 0.6 is 0 Å². The zero-order chi connectivity index (χ0) is 17.7. The molecule has 1 heterocycles. The van der Waals surface area contributed by atoms with Crippen molar-refractivity contribution in [3.8, 4) is 11.5 Å². The number of amides is 1. The third-order valence-electron chi connectivity index (χ3n) is 5.14. The van der Waals surface area contributed by atoms with Crippen molar-refractivity contribution >= 4 is 5.91 Å². The lowest BCUT2D eigenvalue weighted by atomic mass is 10.0. The van der Waals surface area contributed by atoms with E-state index < -0.39 is 0 Å². The number of rotatable bonds is 5. The molecule has 0 aromatic heterocycles. The summed E-state index contributed by atoms with van der Waals surface area (Å²) >= 11 is 0. The summed E-state index contributed by atoms with van der Waals surface area (Å²) < 4.78 is 10.6. The third-order valence-corrected chi connectivity index (χ3v) is 5.14. The van der Waals surface area contributed by atoms with Gasteiger partial charge in [-0.1, -0.05) is 26.8 Å². The van der Waals surface area contributed by atoms with Crippen molar-refractivity contribution in [2.45, 2.75) is 52.5 Å². The number of hydrogen-bond donors (Lipinski definition) is 0. The Morgan fingerprint density at radius 1 is 1.12 bits per heavy atom. The van der Waals surface area contributed by atoms with Gasteiger partial charge in [0.05, 0.1) is 14.2 Å². The minimum Gasteiger partial charge on any atom is -0.493 e. The molecule has 3 atom stereocenters. The maximum Gasteiger partial charge on any atom is 0.223 e. The Balaban J connectivity index is 0.00000100. The molecule has 3 rings (SSSR count). The van der Waals surface area contributed by atoms with Crippen LogP contribution in [0.2, 0.25) is 0 Å². The number of carbonyl (C=O) groups is 1. The fourth-order valence-electron chi connectivity index (χ4n) is 4.08. The molecule has 1 unspecified atom stereocenters. The average Bonchev–Trinajstić information content (AvgIpc) is 3.09. The highest BCUT2D eigenvalue weighted by molar-refractivity contribution is 5.79. The van der Waals surface area contributed by atoms with Crippen LogP contribution in [0, 0.1) is 11.8 Å². The van der Waals surface area contributed by atoms with E-state index in [1.165, 1.54) is 18.4 Å². The molecule has 0 bridgehead atoms. The van der Waals surface area contributed by atoms with Crippen molar-refractivity contribution in [2.75, 3.05) is 20.8 Å². The van der Waals surface area contributed by atoms with Crippen LogP contribution in [0.1, 0.15) is 45.6 Å². The van der Waals surface area contributed by atoms with Crippen molar-refractivity contribution in [3.63, 3.8) is 0 Å². The fourth-order valence-corrected chi connectivity index (χ4v) is 4.08. The van der Waals surface area contributed by atoms with Gasteiger partial charge in [-0.15, -0.1) is 0 Å². The first-order chi connectivity index (χ1) is 11.6. The molecular weight excluding hydrogens is 302 g/mol. The monoisotopic (exact) mass is 333 g/mol. The molecule has 1 aromatic rings. The van der Waals surface area contributed by atoms with E-state index in [1.54, 1.807) is 14.2 Å². The molecule has 0 spiro atoms. The lowest BCUT2D eigenvalue weighted by Gasteiger charge is -2.24. The second-order valence-corrected chi connectivity index (χ2v) is 6.63. The molecule has 1 amide bonds. The number of fused-ring (bicyclic) bond motifs is 1. The second-order valence-electron chi connectivity index (χ2n) is 6.63. The first-order valence-corrected chi connectivity index (χ1v) is 9.12. The second kappa shape index (κ2) is 8.41. The number of carbonyl (C=O) groups excluding carboxylic acids is 1. The smallest absolute Gasteiger partial charge is 0.223 e. The maximum absolute atomic E-state index is 12.2. The molecule has 1 aromatic carbocycles. The van der Waals surface area contributed by atoms with Gasteiger partial charge in [0.1, 0.15) is 0 Å². The molecule has 1 saturated carbocycles. The van der Waals surface area contributed by atoms with E-state index in [9.17, 15) is 4.79 Å². The number of methoxy groups -OCH3 is 2. The highest BCUT2D eigenvalue weighted by atomic mass is 16.5. The van der Waals surface area contributed by atoms with Gasteiger partial charge < -0.3 is 14.4 Å². The average molecular weight is 333 g/mol. The molecule has 134 valence electrons. The summed E-state index contributed by atoms with van der Waals surface area (Å²) in [6.07, 6.45) is 4.00. The van der Waals surface area contributed by atoms with E-state index in [2.05, 4.69) is 17.9 Å². The van der Waals surface area contributed by atoms with Gasteiger partial charge in [-0.2, -0.15) is 0 Å². The van der Waals surface area contributed by atoms with Gasteiger partial charge in [0, 0.05) is 19.0 Å². The van der Waals surface area contributed by atoms with Crippen molar-refractivity contribution < 1.29 is 14.3 Å². The molecule has 2 aliphatic rings. The van der Waals surface area contributed by atoms with E-state index in [0.29, 0.717) is 17.9 Å². The topological polar surface area (TPSA) is 38.8 Å². The van der Waals surface area contributed by atoms with Crippen LogP contribution in [0.4, 0.5) is 0 Å². The zero-order valence-electron chi connectivity index (χ0n) is 15.7. The molecule has 4 heteroatoms. The van der Waals surface area contributed by atoms with Crippen molar-refractivity contribution in [3.05, 3.63) is 23.8 Å². The van der Waals surface area contributed by atoms with Crippen LogP contribution in [0.25, 0.3) is 0 Å². The van der Waals surface area contributed by atoms with Gasteiger partial charge >= 0.3 is 0 Å². The minimum atomic E-state index is 0.336. The van der Waals surface area contributed by atoms with E-state index in [-0.39, 0.29) is 0 Å². The van der Waals surface area contributed by atoms with Gasteiger partial charge in [-0.25, -0.2) is 0 Å². The normalized spacial score (nSPS) is 25.1. The van der Waals surface area contributed by atoms with Crippen LogP contribution in [0.15, 0.2) is 18.2 Å². The van der Waals surface area contributed by atoms with E-state index in [1.807, 2.05) is 26.0 Å². The lowest BCUT2D eigenvalue weighted by Crippen LogP contribution is -2.35. The Bertz CT molecular complexity index is 558. The van der Waals surface area contributed by atoms with Gasteiger partial charge in [0.15, 0.2) is 11.5 Å². The van der Waals surface area contributed by atoms with Crippen LogP contribution in [-0.2, 0) is 11.2 Å². The molecule has 1 aliphatic carbocycles. The van der Waals surface area contributed by atoms with Gasteiger partial charge in [-0.3, -0.25) is 4.79 Å². The van der Waals surface area contributed by atoms with E-state index in [4.69, 9.17) is 9.47 Å². The molecule has 0 radical (unpaired) electrons. The molecule has 1 saturated heterocycles. The summed E-state index contributed by atoms with van der Waals surface area (Å²) in [5.74, 6) is 3.18. The van der Waals surface area contributed by atoms with Crippen molar-refractivity contribution in [1.82, 2.24) is 4.90 Å². The van der Waals surface area contributed by atoms with Crippen molar-refractivity contribution in [1.29, 1.82) is 0 Å².